The van der Waals surface area contributed by atoms with Gasteiger partial charge in [0.1, 0.15) is 29.6 Å². The molecule has 1 fully saturated rings. The average Bonchev–Trinajstić information content (AvgIpc) is 2.85. The molecule has 0 amide bonds. The first-order valence-electron chi connectivity index (χ1n) is 12.2. The van der Waals surface area contributed by atoms with Gasteiger partial charge in [0.2, 0.25) is 0 Å². The van der Waals surface area contributed by atoms with E-state index in [9.17, 15) is 14.0 Å². The SMILES string of the molecule is CC(C)OC(=O)c1cccnc1N1CCN(Cc2ccc(OCC3=C(F)CCCC3=O)cc2)CC1. The van der Waals surface area contributed by atoms with E-state index < -0.39 is 0 Å². The largest absolute Gasteiger partial charge is 0.489 e. The molecule has 1 aliphatic heterocycles. The minimum Gasteiger partial charge on any atom is -0.489 e. The first kappa shape index (κ1) is 24.9. The van der Waals surface area contributed by atoms with Crippen molar-refractivity contribution < 1.29 is 23.5 Å². The highest BCUT2D eigenvalue weighted by atomic mass is 19.1. The number of halogens is 1. The molecular weight excluding hydrogens is 449 g/mol. The van der Waals surface area contributed by atoms with E-state index in [1.165, 1.54) is 0 Å². The number of nitrogens with zero attached hydrogens (tertiary/aromatic N) is 3. The number of hydrogen-bond donors (Lipinski definition) is 0. The Morgan fingerprint density at radius 1 is 1.09 bits per heavy atom. The molecule has 2 aliphatic rings. The molecule has 1 aliphatic carbocycles. The highest BCUT2D eigenvalue weighted by Gasteiger charge is 2.24. The maximum absolute atomic E-state index is 13.9. The molecule has 1 aromatic carbocycles. The van der Waals surface area contributed by atoms with Gasteiger partial charge in [-0.1, -0.05) is 12.1 Å². The standard InChI is InChI=1S/C27H32FN3O4/c1-19(2)35-27(33)22-5-4-12-29-26(22)31-15-13-30(14-16-31)17-20-8-10-21(11-9-20)34-18-23-24(28)6-3-7-25(23)32/h4-5,8-12,19H,3,6-7,13-18H2,1-2H3. The molecule has 2 aromatic rings. The number of carbonyl (C=O) groups excluding carboxylic acids is 2. The fourth-order valence-corrected chi connectivity index (χ4v) is 4.32. The number of pyridine rings is 1. The zero-order valence-electron chi connectivity index (χ0n) is 20.3. The van der Waals surface area contributed by atoms with Gasteiger partial charge in [0.05, 0.1) is 11.7 Å². The van der Waals surface area contributed by atoms with Gasteiger partial charge in [-0.3, -0.25) is 9.69 Å². The van der Waals surface area contributed by atoms with Crippen molar-refractivity contribution >= 4 is 17.6 Å². The monoisotopic (exact) mass is 481 g/mol. The van der Waals surface area contributed by atoms with Gasteiger partial charge in [0, 0.05) is 51.8 Å². The van der Waals surface area contributed by atoms with E-state index in [1.807, 2.05) is 38.1 Å². The molecular formula is C27H32FN3O4. The Hall–Kier alpha value is -3.26. The van der Waals surface area contributed by atoms with Crippen LogP contribution in [0.25, 0.3) is 0 Å². The summed E-state index contributed by atoms with van der Waals surface area (Å²) in [7, 11) is 0. The molecule has 2 heterocycles. The molecule has 0 unspecified atom stereocenters. The number of hydrogen-bond acceptors (Lipinski definition) is 7. The summed E-state index contributed by atoms with van der Waals surface area (Å²) in [6, 6.07) is 11.2. The third kappa shape index (κ3) is 6.45. The van der Waals surface area contributed by atoms with Gasteiger partial charge in [0.15, 0.2) is 5.78 Å². The van der Waals surface area contributed by atoms with Crippen LogP contribution >= 0.6 is 0 Å². The fourth-order valence-electron chi connectivity index (χ4n) is 4.32. The van der Waals surface area contributed by atoms with Gasteiger partial charge in [-0.05, 0) is 50.1 Å². The quantitative estimate of drug-likeness (QED) is 0.520. The molecule has 0 bridgehead atoms. The summed E-state index contributed by atoms with van der Waals surface area (Å²) < 4.78 is 25.0. The van der Waals surface area contributed by atoms with Crippen LogP contribution in [0.4, 0.5) is 10.2 Å². The van der Waals surface area contributed by atoms with Gasteiger partial charge < -0.3 is 14.4 Å². The van der Waals surface area contributed by atoms with Crippen molar-refractivity contribution in [3.63, 3.8) is 0 Å². The van der Waals surface area contributed by atoms with E-state index in [-0.39, 0.29) is 35.9 Å². The first-order valence-corrected chi connectivity index (χ1v) is 12.2. The maximum atomic E-state index is 13.9. The predicted molar refractivity (Wildman–Crippen MR) is 131 cm³/mol. The van der Waals surface area contributed by atoms with Gasteiger partial charge >= 0.3 is 5.97 Å². The second-order valence-electron chi connectivity index (χ2n) is 9.18. The molecule has 0 radical (unpaired) electrons. The smallest absolute Gasteiger partial charge is 0.342 e. The van der Waals surface area contributed by atoms with Crippen LogP contribution in [-0.2, 0) is 16.1 Å². The summed E-state index contributed by atoms with van der Waals surface area (Å²) in [6.45, 7) is 7.62. The summed E-state index contributed by atoms with van der Waals surface area (Å²) in [5.74, 6) is 0.445. The Kier molecular flexibility index (Phi) is 8.13. The second kappa shape index (κ2) is 11.4. The van der Waals surface area contributed by atoms with E-state index in [1.54, 1.807) is 18.3 Å². The van der Waals surface area contributed by atoms with Crippen LogP contribution in [0.3, 0.4) is 0 Å². The molecule has 1 saturated heterocycles. The van der Waals surface area contributed by atoms with E-state index in [0.717, 1.165) is 38.3 Å². The Morgan fingerprint density at radius 2 is 1.83 bits per heavy atom. The highest BCUT2D eigenvalue weighted by molar-refractivity contribution is 5.97. The Labute approximate surface area is 205 Å². The number of piperazine rings is 1. The van der Waals surface area contributed by atoms with Gasteiger partial charge in [-0.25, -0.2) is 14.2 Å². The van der Waals surface area contributed by atoms with Crippen molar-refractivity contribution in [1.82, 2.24) is 9.88 Å². The molecule has 35 heavy (non-hydrogen) atoms. The maximum Gasteiger partial charge on any atom is 0.342 e. The van der Waals surface area contributed by atoms with Crippen molar-refractivity contribution in [1.29, 1.82) is 0 Å². The van der Waals surface area contributed by atoms with Gasteiger partial charge in [-0.2, -0.15) is 0 Å². The summed E-state index contributed by atoms with van der Waals surface area (Å²) in [6.07, 6.45) is 2.80. The number of benzene rings is 1. The minimum absolute atomic E-state index is 0.0216. The number of carbonyl (C=O) groups is 2. The van der Waals surface area contributed by atoms with Gasteiger partial charge in [0.25, 0.3) is 0 Å². The number of ether oxygens (including phenoxy) is 2. The third-order valence-corrected chi connectivity index (χ3v) is 6.20. The topological polar surface area (TPSA) is 72.0 Å². The van der Waals surface area contributed by atoms with Crippen LogP contribution in [0.1, 0.15) is 49.0 Å². The summed E-state index contributed by atoms with van der Waals surface area (Å²) >= 11 is 0. The number of esters is 1. The Bertz CT molecular complexity index is 1080. The molecule has 0 atom stereocenters. The lowest BCUT2D eigenvalue weighted by atomic mass is 9.98. The lowest BCUT2D eigenvalue weighted by Gasteiger charge is -2.36. The second-order valence-corrected chi connectivity index (χ2v) is 9.18. The fraction of sp³-hybridized carbons (Fsp3) is 0.444. The van der Waals surface area contributed by atoms with Crippen LogP contribution in [-0.4, -0.2) is 60.5 Å². The lowest BCUT2D eigenvalue weighted by Crippen LogP contribution is -2.46. The Morgan fingerprint density at radius 3 is 2.51 bits per heavy atom. The number of Topliss-reactive ketones (excluding diaryl/α,β-unsaturated/α-hetero) is 1. The summed E-state index contributed by atoms with van der Waals surface area (Å²) in [4.78, 5) is 33.3. The van der Waals surface area contributed by atoms with E-state index >= 15 is 0 Å². The van der Waals surface area contributed by atoms with Crippen LogP contribution in [0, 0.1) is 0 Å². The third-order valence-electron chi connectivity index (χ3n) is 6.20. The Balaban J connectivity index is 1.29. The molecule has 0 spiro atoms. The van der Waals surface area contributed by atoms with Crippen molar-refractivity contribution in [2.75, 3.05) is 37.7 Å². The number of ketones is 1. The zero-order valence-corrected chi connectivity index (χ0v) is 20.3. The molecule has 8 heteroatoms. The van der Waals surface area contributed by atoms with Crippen LogP contribution in [0.5, 0.6) is 5.75 Å². The highest BCUT2D eigenvalue weighted by Crippen LogP contribution is 2.25. The number of allylic oxidation sites excluding steroid dienone is 1. The van der Waals surface area contributed by atoms with Gasteiger partial charge in [-0.15, -0.1) is 0 Å². The first-order chi connectivity index (χ1) is 16.9. The number of anilines is 1. The molecule has 0 saturated carbocycles. The summed E-state index contributed by atoms with van der Waals surface area (Å²) in [5, 5.41) is 0. The van der Waals surface area contributed by atoms with Crippen molar-refractivity contribution in [2.24, 2.45) is 0 Å². The van der Waals surface area contributed by atoms with Crippen molar-refractivity contribution in [3.05, 3.63) is 65.1 Å². The average molecular weight is 482 g/mol. The molecule has 4 rings (SSSR count). The van der Waals surface area contributed by atoms with Crippen molar-refractivity contribution in [3.8, 4) is 5.75 Å². The van der Waals surface area contributed by atoms with Crippen LogP contribution in [0.15, 0.2) is 54.0 Å². The normalized spacial score (nSPS) is 17.1. The van der Waals surface area contributed by atoms with Crippen LogP contribution < -0.4 is 9.64 Å². The van der Waals surface area contributed by atoms with E-state index in [2.05, 4.69) is 14.8 Å². The van der Waals surface area contributed by atoms with Crippen molar-refractivity contribution in [2.45, 2.75) is 45.8 Å². The predicted octanol–water partition coefficient (Wildman–Crippen LogP) is 4.32. The molecule has 186 valence electrons. The molecule has 1 aromatic heterocycles. The van der Waals surface area contributed by atoms with E-state index in [4.69, 9.17) is 9.47 Å². The van der Waals surface area contributed by atoms with Crippen LogP contribution in [0.2, 0.25) is 0 Å². The summed E-state index contributed by atoms with van der Waals surface area (Å²) in [5.41, 5.74) is 1.81. The minimum atomic E-state index is -0.347. The zero-order chi connectivity index (χ0) is 24.8. The van der Waals surface area contributed by atoms with E-state index in [0.29, 0.717) is 36.4 Å². The number of aromatic nitrogens is 1. The lowest BCUT2D eigenvalue weighted by molar-refractivity contribution is -0.116. The number of rotatable bonds is 8. The molecule has 0 N–H and O–H groups in total. The molecule has 7 nitrogen and oxygen atoms in total.